The van der Waals surface area contributed by atoms with E-state index in [-0.39, 0.29) is 29.1 Å². The maximum absolute atomic E-state index is 13.2. The number of rotatable bonds is 5. The van der Waals surface area contributed by atoms with E-state index in [1.807, 2.05) is 17.5 Å². The van der Waals surface area contributed by atoms with E-state index in [9.17, 15) is 13.2 Å². The van der Waals surface area contributed by atoms with Crippen molar-refractivity contribution in [2.24, 2.45) is 0 Å². The van der Waals surface area contributed by atoms with Crippen molar-refractivity contribution < 1.29 is 17.7 Å². The molecule has 0 spiro atoms. The quantitative estimate of drug-likeness (QED) is 0.606. The summed E-state index contributed by atoms with van der Waals surface area (Å²) in [6.07, 6.45) is 0.432. The number of amides is 1. The highest BCUT2D eigenvalue weighted by Gasteiger charge is 2.36. The van der Waals surface area contributed by atoms with Gasteiger partial charge in [0.2, 0.25) is 0 Å². The molecule has 1 aliphatic rings. The van der Waals surface area contributed by atoms with Crippen LogP contribution in [0.1, 0.15) is 21.8 Å². The Labute approximate surface area is 171 Å². The molecule has 6 nitrogen and oxygen atoms in total. The van der Waals surface area contributed by atoms with Crippen LogP contribution in [-0.2, 0) is 16.4 Å². The van der Waals surface area contributed by atoms with Crippen molar-refractivity contribution in [2.45, 2.75) is 19.0 Å². The SMILES string of the molecule is O=C(c1cc(-c2ccc(Cl)cc2)on1)N(Cc1cccs1)[C@@H]1CCS(=O)(=O)C1. The molecule has 0 N–H and O–H groups in total. The Morgan fingerprint density at radius 3 is 2.71 bits per heavy atom. The summed E-state index contributed by atoms with van der Waals surface area (Å²) in [6, 6.07) is 12.1. The van der Waals surface area contributed by atoms with Crippen LogP contribution in [0, 0.1) is 0 Å². The highest BCUT2D eigenvalue weighted by Crippen LogP contribution is 2.26. The molecule has 1 aromatic carbocycles. The van der Waals surface area contributed by atoms with E-state index in [1.54, 1.807) is 35.2 Å². The summed E-state index contributed by atoms with van der Waals surface area (Å²) in [6.45, 7) is 0.347. The smallest absolute Gasteiger partial charge is 0.276 e. The molecular formula is C19H17ClN2O4S2. The summed E-state index contributed by atoms with van der Waals surface area (Å²) in [4.78, 5) is 15.7. The summed E-state index contributed by atoms with van der Waals surface area (Å²) in [7, 11) is -3.12. The van der Waals surface area contributed by atoms with Crippen LogP contribution in [-0.4, -0.2) is 41.9 Å². The zero-order valence-corrected chi connectivity index (χ0v) is 17.1. The first-order chi connectivity index (χ1) is 13.4. The molecule has 3 aromatic rings. The zero-order valence-electron chi connectivity index (χ0n) is 14.7. The predicted molar refractivity (Wildman–Crippen MR) is 108 cm³/mol. The molecule has 0 bridgehead atoms. The molecule has 1 saturated heterocycles. The van der Waals surface area contributed by atoms with Crippen LogP contribution in [0.5, 0.6) is 0 Å². The van der Waals surface area contributed by atoms with Crippen molar-refractivity contribution in [3.63, 3.8) is 0 Å². The minimum absolute atomic E-state index is 0.0218. The van der Waals surface area contributed by atoms with Gasteiger partial charge < -0.3 is 9.42 Å². The van der Waals surface area contributed by atoms with Gasteiger partial charge in [-0.05, 0) is 42.1 Å². The van der Waals surface area contributed by atoms with E-state index in [1.165, 1.54) is 11.3 Å². The second-order valence-corrected chi connectivity index (χ2v) is 10.3. The Bertz CT molecular complexity index is 1080. The number of nitrogens with zero attached hydrogens (tertiary/aromatic N) is 2. The van der Waals surface area contributed by atoms with E-state index in [4.69, 9.17) is 16.1 Å². The predicted octanol–water partition coefficient (Wildman–Crippen LogP) is 3.89. The standard InChI is InChI=1S/C19H17ClN2O4S2/c20-14-5-3-13(4-6-14)18-10-17(21-26-18)19(23)22(11-16-2-1-8-27-16)15-7-9-28(24,25)12-15/h1-6,8,10,15H,7,9,11-12H2/t15-/m1/s1. The number of carbonyl (C=O) groups excluding carboxylic acids is 1. The van der Waals surface area contributed by atoms with Crippen LogP contribution in [0.2, 0.25) is 5.02 Å². The van der Waals surface area contributed by atoms with Crippen molar-refractivity contribution >= 4 is 38.7 Å². The zero-order chi connectivity index (χ0) is 19.7. The molecule has 1 atom stereocenters. The number of thiophene rings is 1. The van der Waals surface area contributed by atoms with E-state index in [2.05, 4.69) is 5.16 Å². The number of hydrogen-bond acceptors (Lipinski definition) is 6. The molecule has 2 aromatic heterocycles. The molecule has 0 radical (unpaired) electrons. The Hall–Kier alpha value is -2.16. The Balaban J connectivity index is 1.61. The summed E-state index contributed by atoms with van der Waals surface area (Å²) < 4.78 is 29.2. The fourth-order valence-electron chi connectivity index (χ4n) is 3.23. The molecule has 1 fully saturated rings. The average molecular weight is 437 g/mol. The van der Waals surface area contributed by atoms with Crippen molar-refractivity contribution in [3.8, 4) is 11.3 Å². The normalized spacial score (nSPS) is 18.2. The molecule has 146 valence electrons. The van der Waals surface area contributed by atoms with Gasteiger partial charge in [0, 0.05) is 27.6 Å². The third kappa shape index (κ3) is 4.14. The van der Waals surface area contributed by atoms with Crippen LogP contribution in [0.15, 0.2) is 52.4 Å². The maximum Gasteiger partial charge on any atom is 0.276 e. The summed E-state index contributed by atoms with van der Waals surface area (Å²) >= 11 is 7.43. The Morgan fingerprint density at radius 1 is 1.29 bits per heavy atom. The summed E-state index contributed by atoms with van der Waals surface area (Å²) in [5.41, 5.74) is 0.912. The number of aromatic nitrogens is 1. The van der Waals surface area contributed by atoms with Crippen molar-refractivity contribution in [1.29, 1.82) is 0 Å². The molecule has 9 heteroatoms. The molecule has 3 heterocycles. The lowest BCUT2D eigenvalue weighted by atomic mass is 10.1. The van der Waals surface area contributed by atoms with Crippen molar-refractivity contribution in [3.05, 3.63) is 63.4 Å². The van der Waals surface area contributed by atoms with Crippen LogP contribution in [0.25, 0.3) is 11.3 Å². The molecule has 4 rings (SSSR count). The minimum atomic E-state index is -3.12. The third-order valence-corrected chi connectivity index (χ3v) is 7.54. The highest BCUT2D eigenvalue weighted by atomic mass is 35.5. The van der Waals surface area contributed by atoms with Gasteiger partial charge in [0.15, 0.2) is 21.3 Å². The second kappa shape index (κ2) is 7.69. The second-order valence-electron chi connectivity index (χ2n) is 6.65. The van der Waals surface area contributed by atoms with Gasteiger partial charge in [-0.2, -0.15) is 0 Å². The Kier molecular flexibility index (Phi) is 5.27. The fourth-order valence-corrected chi connectivity index (χ4v) is 5.79. The lowest BCUT2D eigenvalue weighted by Gasteiger charge is -2.26. The van der Waals surface area contributed by atoms with Crippen molar-refractivity contribution in [2.75, 3.05) is 11.5 Å². The van der Waals surface area contributed by atoms with Gasteiger partial charge in [0.1, 0.15) is 0 Å². The Morgan fingerprint density at radius 2 is 2.07 bits per heavy atom. The molecule has 0 saturated carbocycles. The van der Waals surface area contributed by atoms with E-state index in [0.29, 0.717) is 23.7 Å². The van der Waals surface area contributed by atoms with E-state index < -0.39 is 9.84 Å². The maximum atomic E-state index is 13.2. The molecule has 0 aliphatic carbocycles. The van der Waals surface area contributed by atoms with Gasteiger partial charge >= 0.3 is 0 Å². The fraction of sp³-hybridized carbons (Fsp3) is 0.263. The molecule has 0 unspecified atom stereocenters. The number of sulfone groups is 1. The van der Waals surface area contributed by atoms with Crippen LogP contribution in [0.4, 0.5) is 0 Å². The number of halogens is 1. The van der Waals surface area contributed by atoms with Gasteiger partial charge in [-0.25, -0.2) is 8.42 Å². The van der Waals surface area contributed by atoms with Gasteiger partial charge in [-0.1, -0.05) is 22.8 Å². The van der Waals surface area contributed by atoms with Gasteiger partial charge in [0.05, 0.1) is 18.1 Å². The summed E-state index contributed by atoms with van der Waals surface area (Å²) in [5.74, 6) is 0.196. The van der Waals surface area contributed by atoms with E-state index in [0.717, 1.165) is 10.4 Å². The molecule has 1 amide bonds. The number of benzene rings is 1. The largest absolute Gasteiger partial charge is 0.355 e. The molecular weight excluding hydrogens is 420 g/mol. The average Bonchev–Trinajstić information content (AvgIpc) is 3.40. The highest BCUT2D eigenvalue weighted by molar-refractivity contribution is 7.91. The minimum Gasteiger partial charge on any atom is -0.355 e. The molecule has 28 heavy (non-hydrogen) atoms. The monoisotopic (exact) mass is 436 g/mol. The third-order valence-electron chi connectivity index (χ3n) is 4.67. The van der Waals surface area contributed by atoms with Gasteiger partial charge in [-0.3, -0.25) is 4.79 Å². The first-order valence-corrected chi connectivity index (χ1v) is 11.8. The van der Waals surface area contributed by atoms with Gasteiger partial charge in [-0.15, -0.1) is 11.3 Å². The van der Waals surface area contributed by atoms with Crippen LogP contribution >= 0.6 is 22.9 Å². The number of carbonyl (C=O) groups is 1. The van der Waals surface area contributed by atoms with Crippen LogP contribution < -0.4 is 0 Å². The van der Waals surface area contributed by atoms with Crippen molar-refractivity contribution in [1.82, 2.24) is 10.1 Å². The van der Waals surface area contributed by atoms with Crippen LogP contribution in [0.3, 0.4) is 0 Å². The lowest BCUT2D eigenvalue weighted by molar-refractivity contribution is 0.0672. The molecule has 1 aliphatic heterocycles. The summed E-state index contributed by atoms with van der Waals surface area (Å²) in [5, 5.41) is 6.46. The lowest BCUT2D eigenvalue weighted by Crippen LogP contribution is -2.40. The number of hydrogen-bond donors (Lipinski definition) is 0. The van der Waals surface area contributed by atoms with E-state index >= 15 is 0 Å². The first kappa shape index (κ1) is 19.2. The van der Waals surface area contributed by atoms with Gasteiger partial charge in [0.25, 0.3) is 5.91 Å². The first-order valence-electron chi connectivity index (χ1n) is 8.68. The topological polar surface area (TPSA) is 80.5 Å².